The quantitative estimate of drug-likeness (QED) is 0.733. The fourth-order valence-corrected chi connectivity index (χ4v) is 3.15. The molecule has 0 saturated heterocycles. The molecule has 0 N–H and O–H groups in total. The second-order valence-corrected chi connectivity index (χ2v) is 6.56. The Morgan fingerprint density at radius 1 is 1.27 bits per heavy atom. The minimum absolute atomic E-state index is 0.160. The minimum Gasteiger partial charge on any atom is -0.383 e. The van der Waals surface area contributed by atoms with Crippen LogP contribution in [0.2, 0.25) is 0 Å². The largest absolute Gasteiger partial charge is 0.383 e. The molecule has 0 aliphatic carbocycles. The lowest BCUT2D eigenvalue weighted by atomic mass is 10.2. The van der Waals surface area contributed by atoms with Crippen molar-refractivity contribution in [2.24, 2.45) is 0 Å². The monoisotopic (exact) mass is 322 g/mol. The number of rotatable bonds is 8. The van der Waals surface area contributed by atoms with Crippen molar-refractivity contribution in [2.45, 2.75) is 32.9 Å². The highest BCUT2D eigenvalue weighted by molar-refractivity contribution is 7.09. The van der Waals surface area contributed by atoms with E-state index in [4.69, 9.17) is 4.74 Å². The molecule has 1 heterocycles. The van der Waals surface area contributed by atoms with Crippen LogP contribution in [0.4, 0.5) is 4.39 Å². The van der Waals surface area contributed by atoms with Gasteiger partial charge in [0.05, 0.1) is 18.8 Å². The predicted molar refractivity (Wildman–Crippen MR) is 88.6 cm³/mol. The highest BCUT2D eigenvalue weighted by Crippen LogP contribution is 2.20. The molecule has 1 aromatic heterocycles. The second-order valence-electron chi connectivity index (χ2n) is 5.62. The molecule has 1 aromatic carbocycles. The zero-order valence-electron chi connectivity index (χ0n) is 13.4. The molecule has 0 unspecified atom stereocenters. The van der Waals surface area contributed by atoms with Crippen molar-refractivity contribution in [1.29, 1.82) is 0 Å². The third kappa shape index (κ3) is 4.87. The first-order valence-electron chi connectivity index (χ1n) is 7.49. The fraction of sp³-hybridized carbons (Fsp3) is 0.471. The molecule has 0 amide bonds. The maximum absolute atomic E-state index is 13.8. The summed E-state index contributed by atoms with van der Waals surface area (Å²) in [6, 6.07) is 6.92. The molecule has 0 aliphatic heterocycles. The van der Waals surface area contributed by atoms with Crippen LogP contribution in [0.5, 0.6) is 0 Å². The second kappa shape index (κ2) is 8.36. The summed E-state index contributed by atoms with van der Waals surface area (Å²) < 4.78 is 19.0. The Balaban J connectivity index is 2.06. The van der Waals surface area contributed by atoms with Crippen molar-refractivity contribution in [3.63, 3.8) is 0 Å². The zero-order chi connectivity index (χ0) is 15.9. The number of ether oxygens (including phenoxy) is 1. The summed E-state index contributed by atoms with van der Waals surface area (Å²) in [6.07, 6.45) is 0. The average molecular weight is 322 g/mol. The average Bonchev–Trinajstić information content (AvgIpc) is 2.96. The molecule has 0 saturated carbocycles. The van der Waals surface area contributed by atoms with Gasteiger partial charge in [-0.05, 0) is 12.0 Å². The van der Waals surface area contributed by atoms with E-state index in [2.05, 4.69) is 29.1 Å². The Morgan fingerprint density at radius 2 is 2.05 bits per heavy atom. The van der Waals surface area contributed by atoms with Gasteiger partial charge < -0.3 is 4.74 Å². The van der Waals surface area contributed by atoms with Gasteiger partial charge in [-0.2, -0.15) is 0 Å². The van der Waals surface area contributed by atoms with Crippen LogP contribution in [0.3, 0.4) is 0 Å². The molecule has 2 aromatic rings. The summed E-state index contributed by atoms with van der Waals surface area (Å²) in [4.78, 5) is 6.84. The maximum Gasteiger partial charge on any atom is 0.127 e. The number of benzene rings is 1. The van der Waals surface area contributed by atoms with Crippen LogP contribution in [-0.4, -0.2) is 30.1 Å². The van der Waals surface area contributed by atoms with Crippen LogP contribution in [0.25, 0.3) is 0 Å². The SMILES string of the molecule is COCCN(Cc1nc(C(C)C)cs1)Cc1ccccc1F. The van der Waals surface area contributed by atoms with Crippen LogP contribution >= 0.6 is 11.3 Å². The lowest BCUT2D eigenvalue weighted by Gasteiger charge is -2.21. The fourth-order valence-electron chi connectivity index (χ4n) is 2.16. The van der Waals surface area contributed by atoms with E-state index in [0.29, 0.717) is 24.6 Å². The molecule has 2 rings (SSSR count). The third-order valence-corrected chi connectivity index (χ3v) is 4.34. The first-order chi connectivity index (χ1) is 10.6. The van der Waals surface area contributed by atoms with E-state index in [9.17, 15) is 4.39 Å². The Bertz CT molecular complexity index is 586. The van der Waals surface area contributed by atoms with Crippen molar-refractivity contribution in [2.75, 3.05) is 20.3 Å². The summed E-state index contributed by atoms with van der Waals surface area (Å²) in [5.74, 6) is 0.274. The lowest BCUT2D eigenvalue weighted by Crippen LogP contribution is -2.27. The molecular weight excluding hydrogens is 299 g/mol. The molecule has 0 fully saturated rings. The van der Waals surface area contributed by atoms with E-state index in [-0.39, 0.29) is 5.82 Å². The Morgan fingerprint density at radius 3 is 2.68 bits per heavy atom. The van der Waals surface area contributed by atoms with Crippen LogP contribution < -0.4 is 0 Å². The van der Waals surface area contributed by atoms with Crippen molar-refractivity contribution in [3.05, 3.63) is 51.7 Å². The van der Waals surface area contributed by atoms with Gasteiger partial charge in [0.25, 0.3) is 0 Å². The van der Waals surface area contributed by atoms with E-state index in [0.717, 1.165) is 23.8 Å². The molecule has 22 heavy (non-hydrogen) atoms. The van der Waals surface area contributed by atoms with E-state index in [1.807, 2.05) is 12.1 Å². The highest BCUT2D eigenvalue weighted by atomic mass is 32.1. The van der Waals surface area contributed by atoms with Gasteiger partial charge >= 0.3 is 0 Å². The smallest absolute Gasteiger partial charge is 0.127 e. The molecule has 0 atom stereocenters. The first-order valence-corrected chi connectivity index (χ1v) is 8.37. The van der Waals surface area contributed by atoms with Crippen LogP contribution in [0.1, 0.15) is 36.0 Å². The highest BCUT2D eigenvalue weighted by Gasteiger charge is 2.13. The normalized spacial score (nSPS) is 11.5. The zero-order valence-corrected chi connectivity index (χ0v) is 14.2. The number of aromatic nitrogens is 1. The topological polar surface area (TPSA) is 25.4 Å². The van der Waals surface area contributed by atoms with Gasteiger partial charge in [-0.25, -0.2) is 9.37 Å². The summed E-state index contributed by atoms with van der Waals surface area (Å²) in [5.41, 5.74) is 1.83. The van der Waals surface area contributed by atoms with Gasteiger partial charge in [0.1, 0.15) is 10.8 Å². The summed E-state index contributed by atoms with van der Waals surface area (Å²) >= 11 is 1.67. The van der Waals surface area contributed by atoms with E-state index >= 15 is 0 Å². The van der Waals surface area contributed by atoms with Crippen LogP contribution in [0.15, 0.2) is 29.6 Å². The minimum atomic E-state index is -0.160. The van der Waals surface area contributed by atoms with Crippen molar-refractivity contribution in [3.8, 4) is 0 Å². The number of hydrogen-bond acceptors (Lipinski definition) is 4. The Kier molecular flexibility index (Phi) is 6.49. The van der Waals surface area contributed by atoms with Gasteiger partial charge in [0.15, 0.2) is 0 Å². The molecule has 0 radical (unpaired) electrons. The summed E-state index contributed by atoms with van der Waals surface area (Å²) in [7, 11) is 1.68. The Labute approximate surface area is 135 Å². The van der Waals surface area contributed by atoms with Gasteiger partial charge in [0, 0.05) is 31.1 Å². The van der Waals surface area contributed by atoms with Gasteiger partial charge in [-0.3, -0.25) is 4.90 Å². The van der Waals surface area contributed by atoms with E-state index < -0.39 is 0 Å². The predicted octanol–water partition coefficient (Wildman–Crippen LogP) is 4.05. The van der Waals surface area contributed by atoms with Crippen molar-refractivity contribution >= 4 is 11.3 Å². The molecule has 0 bridgehead atoms. The maximum atomic E-state index is 13.8. The summed E-state index contributed by atoms with van der Waals surface area (Å²) in [6.45, 7) is 6.93. The molecule has 120 valence electrons. The number of nitrogens with zero attached hydrogens (tertiary/aromatic N) is 2. The van der Waals surface area contributed by atoms with Gasteiger partial charge in [-0.15, -0.1) is 11.3 Å². The van der Waals surface area contributed by atoms with Gasteiger partial charge in [-0.1, -0.05) is 32.0 Å². The first kappa shape index (κ1) is 17.1. The van der Waals surface area contributed by atoms with Gasteiger partial charge in [0.2, 0.25) is 0 Å². The molecular formula is C17H23FN2OS. The van der Waals surface area contributed by atoms with Crippen molar-refractivity contribution in [1.82, 2.24) is 9.88 Å². The molecule has 3 nitrogen and oxygen atoms in total. The molecule has 5 heteroatoms. The standard InChI is InChI=1S/C17H23FN2OS/c1-13(2)16-12-22-17(19-16)11-20(8-9-21-3)10-14-6-4-5-7-15(14)18/h4-7,12-13H,8-11H2,1-3H3. The number of hydrogen-bond donors (Lipinski definition) is 0. The van der Waals surface area contributed by atoms with E-state index in [1.165, 1.54) is 6.07 Å². The summed E-state index contributed by atoms with van der Waals surface area (Å²) in [5, 5.41) is 3.17. The number of halogens is 1. The van der Waals surface area contributed by atoms with E-state index in [1.54, 1.807) is 24.5 Å². The Hall–Kier alpha value is -1.30. The number of thiazole rings is 1. The van der Waals surface area contributed by atoms with Crippen LogP contribution in [0, 0.1) is 5.82 Å². The molecule has 0 spiro atoms. The lowest BCUT2D eigenvalue weighted by molar-refractivity contribution is 0.139. The molecule has 0 aliphatic rings. The number of methoxy groups -OCH3 is 1. The van der Waals surface area contributed by atoms with Crippen molar-refractivity contribution < 1.29 is 9.13 Å². The third-order valence-electron chi connectivity index (χ3n) is 3.48. The van der Waals surface area contributed by atoms with Crippen LogP contribution in [-0.2, 0) is 17.8 Å².